The van der Waals surface area contributed by atoms with Gasteiger partial charge in [0.25, 0.3) is 0 Å². The van der Waals surface area contributed by atoms with Gasteiger partial charge in [-0.15, -0.1) is 11.8 Å². The van der Waals surface area contributed by atoms with Gasteiger partial charge in [0.15, 0.2) is 0 Å². The average Bonchev–Trinajstić information content (AvgIpc) is 3.21. The molecule has 0 radical (unpaired) electrons. The van der Waals surface area contributed by atoms with Gasteiger partial charge in [-0.1, -0.05) is 0 Å². The molecule has 1 saturated heterocycles. The predicted octanol–water partition coefficient (Wildman–Crippen LogP) is 3.94. The molecule has 1 N–H and O–H groups in total. The van der Waals surface area contributed by atoms with Crippen molar-refractivity contribution in [1.29, 1.82) is 0 Å². The Kier molecular flexibility index (Phi) is 6.34. The first-order chi connectivity index (χ1) is 13.1. The Labute approximate surface area is 161 Å². The summed E-state index contributed by atoms with van der Waals surface area (Å²) >= 11 is 1.33. The summed E-state index contributed by atoms with van der Waals surface area (Å²) in [6.45, 7) is 1.84. The first-order valence-corrected chi connectivity index (χ1v) is 9.71. The van der Waals surface area contributed by atoms with Gasteiger partial charge in [0, 0.05) is 18.0 Å². The second kappa shape index (κ2) is 8.90. The highest BCUT2D eigenvalue weighted by Gasteiger charge is 2.19. The minimum Gasteiger partial charge on any atom is -0.465 e. The molecule has 1 heterocycles. The van der Waals surface area contributed by atoms with Crippen LogP contribution in [0.5, 0.6) is 0 Å². The Balaban J connectivity index is 1.73. The average molecular weight is 388 g/mol. The third-order valence-corrected chi connectivity index (χ3v) is 5.33. The van der Waals surface area contributed by atoms with E-state index in [4.69, 9.17) is 4.74 Å². The number of methoxy groups -OCH3 is 1. The zero-order chi connectivity index (χ0) is 19.2. The number of nitrogens with zero attached hydrogens (tertiary/aromatic N) is 1. The Morgan fingerprint density at radius 3 is 2.52 bits per heavy atom. The zero-order valence-electron chi connectivity index (χ0n) is 15.0. The summed E-state index contributed by atoms with van der Waals surface area (Å²) in [5.74, 6) is -0.752. The number of halogens is 1. The lowest BCUT2D eigenvalue weighted by Gasteiger charge is -2.22. The Morgan fingerprint density at radius 2 is 1.85 bits per heavy atom. The van der Waals surface area contributed by atoms with Crippen LogP contribution in [-0.2, 0) is 9.53 Å². The van der Waals surface area contributed by atoms with Gasteiger partial charge >= 0.3 is 5.97 Å². The second-order valence-electron chi connectivity index (χ2n) is 6.21. The maximum absolute atomic E-state index is 13.0. The van der Waals surface area contributed by atoms with Crippen LogP contribution in [0, 0.1) is 5.82 Å². The SMILES string of the molecule is COC(=O)c1ccc(N2CCCC2)c(NC(=O)CSc2ccc(F)cc2)c1. The van der Waals surface area contributed by atoms with Crippen LogP contribution in [-0.4, -0.2) is 37.8 Å². The molecule has 1 fully saturated rings. The fraction of sp³-hybridized carbons (Fsp3) is 0.300. The van der Waals surface area contributed by atoms with E-state index in [2.05, 4.69) is 10.2 Å². The van der Waals surface area contributed by atoms with Crippen molar-refractivity contribution in [3.05, 3.63) is 53.8 Å². The Morgan fingerprint density at radius 1 is 1.15 bits per heavy atom. The highest BCUT2D eigenvalue weighted by Crippen LogP contribution is 2.30. The molecule has 0 aliphatic carbocycles. The quantitative estimate of drug-likeness (QED) is 0.600. The van der Waals surface area contributed by atoms with E-state index in [1.807, 2.05) is 6.07 Å². The molecule has 2 aromatic carbocycles. The molecular weight excluding hydrogens is 367 g/mol. The van der Waals surface area contributed by atoms with E-state index >= 15 is 0 Å². The normalized spacial score (nSPS) is 13.5. The fourth-order valence-corrected chi connectivity index (χ4v) is 3.68. The number of esters is 1. The number of benzene rings is 2. The summed E-state index contributed by atoms with van der Waals surface area (Å²) in [6, 6.07) is 11.2. The van der Waals surface area contributed by atoms with E-state index in [9.17, 15) is 14.0 Å². The Bertz CT molecular complexity index is 820. The predicted molar refractivity (Wildman–Crippen MR) is 105 cm³/mol. The summed E-state index contributed by atoms with van der Waals surface area (Å²) in [5.41, 5.74) is 1.90. The molecule has 0 unspecified atom stereocenters. The van der Waals surface area contributed by atoms with Gasteiger partial charge in [-0.3, -0.25) is 4.79 Å². The lowest BCUT2D eigenvalue weighted by atomic mass is 10.1. The van der Waals surface area contributed by atoms with Crippen LogP contribution in [0.25, 0.3) is 0 Å². The number of carbonyl (C=O) groups excluding carboxylic acids is 2. The van der Waals surface area contributed by atoms with Crippen molar-refractivity contribution in [1.82, 2.24) is 0 Å². The van der Waals surface area contributed by atoms with Gasteiger partial charge in [-0.2, -0.15) is 0 Å². The van der Waals surface area contributed by atoms with Crippen LogP contribution >= 0.6 is 11.8 Å². The van der Waals surface area contributed by atoms with Crippen molar-refractivity contribution >= 4 is 35.0 Å². The zero-order valence-corrected chi connectivity index (χ0v) is 15.9. The van der Waals surface area contributed by atoms with Crippen molar-refractivity contribution in [3.8, 4) is 0 Å². The van der Waals surface area contributed by atoms with E-state index in [0.717, 1.165) is 36.5 Å². The van der Waals surface area contributed by atoms with E-state index < -0.39 is 5.97 Å². The highest BCUT2D eigenvalue weighted by molar-refractivity contribution is 8.00. The molecule has 0 atom stereocenters. The molecule has 1 aliphatic heterocycles. The number of ether oxygens (including phenoxy) is 1. The number of hydrogen-bond donors (Lipinski definition) is 1. The number of hydrogen-bond acceptors (Lipinski definition) is 5. The van der Waals surface area contributed by atoms with Gasteiger partial charge in [-0.05, 0) is 55.3 Å². The van der Waals surface area contributed by atoms with Crippen molar-refractivity contribution in [2.45, 2.75) is 17.7 Å². The Hall–Kier alpha value is -2.54. The number of carbonyl (C=O) groups is 2. The van der Waals surface area contributed by atoms with Crippen molar-refractivity contribution in [2.24, 2.45) is 0 Å². The number of amides is 1. The van der Waals surface area contributed by atoms with Gasteiger partial charge in [0.1, 0.15) is 5.82 Å². The lowest BCUT2D eigenvalue weighted by molar-refractivity contribution is -0.113. The summed E-state index contributed by atoms with van der Waals surface area (Å²) < 4.78 is 17.7. The first-order valence-electron chi connectivity index (χ1n) is 8.72. The van der Waals surface area contributed by atoms with E-state index in [0.29, 0.717) is 11.3 Å². The van der Waals surface area contributed by atoms with Crippen LogP contribution < -0.4 is 10.2 Å². The van der Waals surface area contributed by atoms with Crippen molar-refractivity contribution in [2.75, 3.05) is 36.2 Å². The first kappa shape index (κ1) is 19.2. The molecule has 1 amide bonds. The van der Waals surface area contributed by atoms with Crippen LogP contribution in [0.15, 0.2) is 47.4 Å². The van der Waals surface area contributed by atoms with Gasteiger partial charge in [0.05, 0.1) is 29.8 Å². The molecule has 27 heavy (non-hydrogen) atoms. The molecule has 0 saturated carbocycles. The highest BCUT2D eigenvalue weighted by atomic mass is 32.2. The summed E-state index contributed by atoms with van der Waals surface area (Å²) in [5, 5.41) is 2.91. The van der Waals surface area contributed by atoms with Gasteiger partial charge < -0.3 is 15.0 Å². The smallest absolute Gasteiger partial charge is 0.337 e. The molecule has 0 aromatic heterocycles. The molecule has 0 bridgehead atoms. The molecule has 1 aliphatic rings. The molecule has 7 heteroatoms. The monoisotopic (exact) mass is 388 g/mol. The minimum atomic E-state index is -0.445. The van der Waals surface area contributed by atoms with E-state index in [1.165, 1.54) is 31.0 Å². The van der Waals surface area contributed by atoms with Crippen LogP contribution in [0.4, 0.5) is 15.8 Å². The van der Waals surface area contributed by atoms with E-state index in [1.54, 1.807) is 24.3 Å². The summed E-state index contributed by atoms with van der Waals surface area (Å²) in [6.07, 6.45) is 2.21. The third-order valence-electron chi connectivity index (χ3n) is 4.32. The van der Waals surface area contributed by atoms with Crippen LogP contribution in [0.1, 0.15) is 23.2 Å². The third kappa shape index (κ3) is 5.01. The number of rotatable bonds is 6. The van der Waals surface area contributed by atoms with Gasteiger partial charge in [0.2, 0.25) is 5.91 Å². The number of nitrogens with one attached hydrogen (secondary N) is 1. The van der Waals surface area contributed by atoms with Crippen molar-refractivity contribution < 1.29 is 18.7 Å². The summed E-state index contributed by atoms with van der Waals surface area (Å²) in [4.78, 5) is 27.3. The maximum Gasteiger partial charge on any atom is 0.337 e. The molecular formula is C20H21FN2O3S. The fourth-order valence-electron chi connectivity index (χ4n) is 2.98. The molecule has 2 aromatic rings. The van der Waals surface area contributed by atoms with Gasteiger partial charge in [-0.25, -0.2) is 9.18 Å². The molecule has 5 nitrogen and oxygen atoms in total. The molecule has 0 spiro atoms. The largest absolute Gasteiger partial charge is 0.465 e. The van der Waals surface area contributed by atoms with E-state index in [-0.39, 0.29) is 17.5 Å². The molecule has 142 valence electrons. The minimum absolute atomic E-state index is 0.188. The molecule has 3 rings (SSSR count). The number of anilines is 2. The van der Waals surface area contributed by atoms with Crippen LogP contribution in [0.3, 0.4) is 0 Å². The standard InChI is InChI=1S/C20H21FN2O3S/c1-26-20(25)14-4-9-18(23-10-2-3-11-23)17(12-14)22-19(24)13-27-16-7-5-15(21)6-8-16/h4-9,12H,2-3,10-11,13H2,1H3,(H,22,24). The number of thioether (sulfide) groups is 1. The maximum atomic E-state index is 13.0. The second-order valence-corrected chi connectivity index (χ2v) is 7.26. The van der Waals surface area contributed by atoms with Crippen LogP contribution in [0.2, 0.25) is 0 Å². The topological polar surface area (TPSA) is 58.6 Å². The lowest BCUT2D eigenvalue weighted by Crippen LogP contribution is -2.22. The summed E-state index contributed by atoms with van der Waals surface area (Å²) in [7, 11) is 1.33. The van der Waals surface area contributed by atoms with Crippen molar-refractivity contribution in [3.63, 3.8) is 0 Å².